The van der Waals surface area contributed by atoms with Gasteiger partial charge in [-0.1, -0.05) is 12.1 Å². The van der Waals surface area contributed by atoms with Crippen molar-refractivity contribution in [3.05, 3.63) is 29.8 Å². The number of hydrogen-bond acceptors (Lipinski definition) is 6. The minimum Gasteiger partial charge on any atom is -0.378 e. The molecular weight excluding hydrogens is 410 g/mol. The van der Waals surface area contributed by atoms with Crippen molar-refractivity contribution in [2.45, 2.75) is 19.0 Å². The minimum absolute atomic E-state index is 0.181. The Morgan fingerprint density at radius 2 is 1.77 bits per heavy atom. The number of nitrogens with one attached hydrogen (secondary N) is 2. The van der Waals surface area contributed by atoms with Gasteiger partial charge in [-0.15, -0.1) is 0 Å². The van der Waals surface area contributed by atoms with Crippen molar-refractivity contribution < 1.29 is 22.8 Å². The smallest absolute Gasteiger partial charge is 0.247 e. The summed E-state index contributed by atoms with van der Waals surface area (Å²) in [6.07, 6.45) is 0.989. The lowest BCUT2D eigenvalue weighted by Gasteiger charge is -2.44. The first kappa shape index (κ1) is 23.6. The van der Waals surface area contributed by atoms with Crippen LogP contribution in [0.25, 0.3) is 0 Å². The highest BCUT2D eigenvalue weighted by molar-refractivity contribution is 7.88. The summed E-state index contributed by atoms with van der Waals surface area (Å²) in [5.41, 5.74) is 0.536. The Morgan fingerprint density at radius 1 is 1.17 bits per heavy atom. The molecule has 1 aliphatic heterocycles. The van der Waals surface area contributed by atoms with Gasteiger partial charge in [0.15, 0.2) is 0 Å². The predicted octanol–water partition coefficient (Wildman–Crippen LogP) is -1.02. The summed E-state index contributed by atoms with van der Waals surface area (Å²) in [5.74, 6) is -1.49. The summed E-state index contributed by atoms with van der Waals surface area (Å²) in [7, 11) is 1.67. The van der Waals surface area contributed by atoms with E-state index in [-0.39, 0.29) is 19.6 Å². The molecule has 0 aromatic heterocycles. The zero-order valence-corrected chi connectivity index (χ0v) is 18.7. The van der Waals surface area contributed by atoms with Crippen LogP contribution in [-0.4, -0.2) is 87.9 Å². The van der Waals surface area contributed by atoms with Gasteiger partial charge in [0.05, 0.1) is 19.3 Å². The van der Waals surface area contributed by atoms with Gasteiger partial charge in [-0.3, -0.25) is 14.4 Å². The van der Waals surface area contributed by atoms with Gasteiger partial charge in [0, 0.05) is 39.9 Å². The third-order valence-electron chi connectivity index (χ3n) is 5.22. The van der Waals surface area contributed by atoms with Gasteiger partial charge in [-0.2, -0.15) is 4.31 Å². The number of nitrogens with zero attached hydrogens (tertiary/aromatic N) is 3. The van der Waals surface area contributed by atoms with Gasteiger partial charge in [-0.25, -0.2) is 8.42 Å². The largest absolute Gasteiger partial charge is 0.378 e. The lowest BCUT2D eigenvalue weighted by molar-refractivity contribution is -0.150. The second-order valence-electron chi connectivity index (χ2n) is 7.78. The average Bonchev–Trinajstić information content (AvgIpc) is 2.67. The number of sulfonamides is 1. The maximum Gasteiger partial charge on any atom is 0.247 e. The van der Waals surface area contributed by atoms with Crippen LogP contribution in [-0.2, 0) is 31.0 Å². The van der Waals surface area contributed by atoms with Crippen LogP contribution < -0.4 is 15.5 Å². The summed E-state index contributed by atoms with van der Waals surface area (Å²) >= 11 is 0. The number of carbonyl (C=O) groups is 3. The minimum atomic E-state index is -3.64. The third kappa shape index (κ3) is 5.48. The van der Waals surface area contributed by atoms with Crippen molar-refractivity contribution in [3.63, 3.8) is 0 Å². The van der Waals surface area contributed by atoms with Crippen LogP contribution in [0.2, 0.25) is 0 Å². The maximum atomic E-state index is 12.7. The standard InChI is InChI=1S/C19H29N5O5S/c1-19(13-24(30(5,28)29)12-17(26)23(19)4)18(27)21-11-16(25)20-10-14-6-8-15(9-7-14)22(2)3/h6-9H,10-13H2,1-5H3,(H,20,25)(H,21,27)/t19-/m1/s1. The molecule has 0 spiro atoms. The normalized spacial score (nSPS) is 20.0. The van der Waals surface area contributed by atoms with E-state index in [2.05, 4.69) is 10.6 Å². The number of likely N-dealkylation sites (N-methyl/N-ethyl adjacent to an activating group) is 1. The Morgan fingerprint density at radius 3 is 2.30 bits per heavy atom. The highest BCUT2D eigenvalue weighted by Gasteiger charge is 2.47. The van der Waals surface area contributed by atoms with E-state index in [1.54, 1.807) is 0 Å². The van der Waals surface area contributed by atoms with E-state index < -0.39 is 33.3 Å². The van der Waals surface area contributed by atoms with E-state index in [4.69, 9.17) is 0 Å². The molecule has 0 unspecified atom stereocenters. The maximum absolute atomic E-state index is 12.7. The van der Waals surface area contributed by atoms with E-state index in [0.29, 0.717) is 6.54 Å². The van der Waals surface area contributed by atoms with Crippen LogP contribution in [0.15, 0.2) is 24.3 Å². The Labute approximate surface area is 177 Å². The van der Waals surface area contributed by atoms with Crippen molar-refractivity contribution in [2.75, 3.05) is 51.9 Å². The number of anilines is 1. The molecule has 1 fully saturated rings. The van der Waals surface area contributed by atoms with E-state index in [1.165, 1.54) is 18.9 Å². The van der Waals surface area contributed by atoms with Crippen molar-refractivity contribution in [1.82, 2.24) is 19.8 Å². The highest BCUT2D eigenvalue weighted by Crippen LogP contribution is 2.22. The summed E-state index contributed by atoms with van der Waals surface area (Å²) < 4.78 is 24.7. The van der Waals surface area contributed by atoms with Crippen molar-refractivity contribution in [3.8, 4) is 0 Å². The molecule has 166 valence electrons. The van der Waals surface area contributed by atoms with Gasteiger partial charge in [0.25, 0.3) is 0 Å². The number of hydrogen-bond donors (Lipinski definition) is 2. The van der Waals surface area contributed by atoms with Crippen LogP contribution in [0.3, 0.4) is 0 Å². The zero-order valence-electron chi connectivity index (χ0n) is 17.9. The zero-order chi connectivity index (χ0) is 22.7. The summed E-state index contributed by atoms with van der Waals surface area (Å²) in [6, 6.07) is 7.68. The van der Waals surface area contributed by atoms with Crippen LogP contribution >= 0.6 is 0 Å². The van der Waals surface area contributed by atoms with Gasteiger partial charge >= 0.3 is 0 Å². The summed E-state index contributed by atoms with van der Waals surface area (Å²) in [4.78, 5) is 40.2. The van der Waals surface area contributed by atoms with Crippen LogP contribution in [0, 0.1) is 0 Å². The molecule has 3 amide bonds. The first-order chi connectivity index (χ1) is 13.8. The first-order valence-electron chi connectivity index (χ1n) is 9.37. The molecule has 0 bridgehead atoms. The molecule has 0 radical (unpaired) electrons. The molecular formula is C19H29N5O5S. The fourth-order valence-corrected chi connectivity index (χ4v) is 3.85. The predicted molar refractivity (Wildman–Crippen MR) is 113 cm³/mol. The van der Waals surface area contributed by atoms with E-state index in [0.717, 1.165) is 21.8 Å². The molecule has 1 aromatic rings. The number of rotatable bonds is 7. The Hall–Kier alpha value is -2.66. The first-order valence-corrected chi connectivity index (χ1v) is 11.2. The second-order valence-corrected chi connectivity index (χ2v) is 9.76. The van der Waals surface area contributed by atoms with Crippen LogP contribution in [0.1, 0.15) is 12.5 Å². The fraction of sp³-hybridized carbons (Fsp3) is 0.526. The topological polar surface area (TPSA) is 119 Å². The van der Waals surface area contributed by atoms with Crippen LogP contribution in [0.5, 0.6) is 0 Å². The average molecular weight is 440 g/mol. The van der Waals surface area contributed by atoms with Crippen molar-refractivity contribution in [2.24, 2.45) is 0 Å². The van der Waals surface area contributed by atoms with Crippen molar-refractivity contribution in [1.29, 1.82) is 0 Å². The molecule has 11 heteroatoms. The lowest BCUT2D eigenvalue weighted by atomic mass is 9.96. The quantitative estimate of drug-likeness (QED) is 0.561. The summed E-state index contributed by atoms with van der Waals surface area (Å²) in [6.45, 7) is 0.998. The summed E-state index contributed by atoms with van der Waals surface area (Å²) in [5, 5.41) is 5.22. The van der Waals surface area contributed by atoms with Crippen LogP contribution in [0.4, 0.5) is 5.69 Å². The molecule has 1 atom stereocenters. The number of carbonyl (C=O) groups excluding carboxylic acids is 3. The molecule has 2 rings (SSSR count). The number of amides is 3. The van der Waals surface area contributed by atoms with E-state index >= 15 is 0 Å². The number of piperazine rings is 1. The molecule has 2 N–H and O–H groups in total. The highest BCUT2D eigenvalue weighted by atomic mass is 32.2. The third-order valence-corrected chi connectivity index (χ3v) is 6.42. The molecule has 1 saturated heterocycles. The molecule has 1 heterocycles. The Balaban J connectivity index is 1.93. The monoisotopic (exact) mass is 439 g/mol. The number of benzene rings is 1. The molecule has 0 saturated carbocycles. The molecule has 1 aromatic carbocycles. The van der Waals surface area contributed by atoms with Gasteiger partial charge in [0.2, 0.25) is 27.7 Å². The fourth-order valence-electron chi connectivity index (χ4n) is 3.02. The lowest BCUT2D eigenvalue weighted by Crippen LogP contribution is -2.68. The Bertz CT molecular complexity index is 916. The Kier molecular flexibility index (Phi) is 7.09. The van der Waals surface area contributed by atoms with Gasteiger partial charge in [0.1, 0.15) is 5.54 Å². The molecule has 30 heavy (non-hydrogen) atoms. The molecule has 1 aliphatic rings. The van der Waals surface area contributed by atoms with Gasteiger partial charge < -0.3 is 20.4 Å². The van der Waals surface area contributed by atoms with E-state index in [1.807, 2.05) is 43.3 Å². The molecule has 0 aliphatic carbocycles. The van der Waals surface area contributed by atoms with Crippen molar-refractivity contribution >= 4 is 33.4 Å². The molecule has 10 nitrogen and oxygen atoms in total. The van der Waals surface area contributed by atoms with Gasteiger partial charge in [-0.05, 0) is 24.6 Å². The van der Waals surface area contributed by atoms with E-state index in [9.17, 15) is 22.8 Å². The SMILES string of the molecule is CN(C)c1ccc(CNC(=O)CNC(=O)[C@@]2(C)CN(S(C)(=O)=O)CC(=O)N2C)cc1. The second kappa shape index (κ2) is 9.00.